The van der Waals surface area contributed by atoms with E-state index in [1.54, 1.807) is 6.07 Å². The van der Waals surface area contributed by atoms with Gasteiger partial charge in [0.25, 0.3) is 0 Å². The summed E-state index contributed by atoms with van der Waals surface area (Å²) in [5.41, 5.74) is 0.855. The van der Waals surface area contributed by atoms with Gasteiger partial charge in [-0.05, 0) is 56.8 Å². The van der Waals surface area contributed by atoms with Crippen LogP contribution in [0.15, 0.2) is 18.2 Å². The van der Waals surface area contributed by atoms with Crippen molar-refractivity contribution in [1.29, 1.82) is 0 Å². The largest absolute Gasteiger partial charge is 0.355 e. The van der Waals surface area contributed by atoms with Gasteiger partial charge in [0.2, 0.25) is 5.91 Å². The van der Waals surface area contributed by atoms with E-state index in [9.17, 15) is 9.18 Å². The van der Waals surface area contributed by atoms with Gasteiger partial charge in [0, 0.05) is 28.9 Å². The van der Waals surface area contributed by atoms with Crippen molar-refractivity contribution in [2.75, 3.05) is 13.1 Å². The van der Waals surface area contributed by atoms with Crippen LogP contribution in [0.4, 0.5) is 4.39 Å². The molecule has 120 valence electrons. The lowest BCUT2D eigenvalue weighted by Gasteiger charge is -2.28. The van der Waals surface area contributed by atoms with Gasteiger partial charge in [0.05, 0.1) is 0 Å². The predicted octanol–water partition coefficient (Wildman–Crippen LogP) is 3.02. The van der Waals surface area contributed by atoms with E-state index in [0.29, 0.717) is 17.6 Å². The van der Waals surface area contributed by atoms with Crippen LogP contribution in [0.2, 0.25) is 5.02 Å². The van der Waals surface area contributed by atoms with Crippen molar-refractivity contribution in [2.45, 2.75) is 44.1 Å². The van der Waals surface area contributed by atoms with Crippen molar-refractivity contribution in [3.63, 3.8) is 0 Å². The van der Waals surface area contributed by atoms with Crippen LogP contribution in [0.5, 0.6) is 0 Å². The number of carbonyl (C=O) groups is 1. The number of halogens is 2. The highest BCUT2D eigenvalue weighted by atomic mass is 35.5. The van der Waals surface area contributed by atoms with Crippen LogP contribution in [0.25, 0.3) is 0 Å². The topological polar surface area (TPSA) is 41.1 Å². The summed E-state index contributed by atoms with van der Waals surface area (Å²) in [6.07, 6.45) is 3.75. The zero-order chi connectivity index (χ0) is 15.7. The average Bonchev–Trinajstić information content (AvgIpc) is 3.25. The summed E-state index contributed by atoms with van der Waals surface area (Å²) in [5, 5.41) is 6.91. The van der Waals surface area contributed by atoms with Gasteiger partial charge in [-0.2, -0.15) is 0 Å². The zero-order valence-electron chi connectivity index (χ0n) is 12.8. The number of benzene rings is 1. The van der Waals surface area contributed by atoms with Crippen molar-refractivity contribution in [3.8, 4) is 0 Å². The van der Waals surface area contributed by atoms with Crippen molar-refractivity contribution >= 4 is 17.5 Å². The van der Waals surface area contributed by atoms with Crippen molar-refractivity contribution < 1.29 is 9.18 Å². The summed E-state index contributed by atoms with van der Waals surface area (Å²) >= 11 is 6.18. The third-order valence-corrected chi connectivity index (χ3v) is 5.26. The molecule has 2 atom stereocenters. The van der Waals surface area contributed by atoms with Crippen LogP contribution in [-0.4, -0.2) is 25.0 Å². The number of rotatable bonds is 4. The molecule has 0 unspecified atom stereocenters. The lowest BCUT2D eigenvalue weighted by atomic mass is 9.91. The summed E-state index contributed by atoms with van der Waals surface area (Å²) in [4.78, 5) is 12.4. The molecule has 0 radical (unpaired) electrons. The molecule has 5 heteroatoms. The van der Waals surface area contributed by atoms with E-state index in [1.807, 2.05) is 0 Å². The Morgan fingerprint density at radius 3 is 2.91 bits per heavy atom. The molecule has 2 N–H and O–H groups in total. The van der Waals surface area contributed by atoms with Crippen LogP contribution in [0.1, 0.15) is 38.2 Å². The molecule has 1 saturated heterocycles. The van der Waals surface area contributed by atoms with Gasteiger partial charge in [-0.3, -0.25) is 4.79 Å². The second-order valence-electron chi connectivity index (χ2n) is 6.70. The molecule has 0 spiro atoms. The molecule has 1 amide bonds. The second-order valence-corrected chi connectivity index (χ2v) is 7.11. The number of piperidine rings is 1. The van der Waals surface area contributed by atoms with Gasteiger partial charge in [-0.15, -0.1) is 0 Å². The fraction of sp³-hybridized carbons (Fsp3) is 0.588. The minimum Gasteiger partial charge on any atom is -0.355 e. The van der Waals surface area contributed by atoms with Gasteiger partial charge in [-0.1, -0.05) is 17.7 Å². The van der Waals surface area contributed by atoms with Crippen molar-refractivity contribution in [1.82, 2.24) is 10.6 Å². The predicted molar refractivity (Wildman–Crippen MR) is 85.5 cm³/mol. The van der Waals surface area contributed by atoms with Crippen molar-refractivity contribution in [3.05, 3.63) is 34.6 Å². The Balaban J connectivity index is 1.62. The standard InChI is InChI=1S/C17H22ClFN2O/c1-11-8-12(4-7-20-11)16(22)21-10-17(5-6-17)14-3-2-13(19)9-15(14)18/h2-3,9,11-12,20H,4-8,10H2,1H3,(H,21,22)/t11-,12-/m0/s1. The first kappa shape index (κ1) is 15.8. The van der Waals surface area contributed by atoms with Gasteiger partial charge >= 0.3 is 0 Å². The fourth-order valence-electron chi connectivity index (χ4n) is 3.38. The molecule has 2 aliphatic rings. The summed E-state index contributed by atoms with van der Waals surface area (Å²) in [6, 6.07) is 4.94. The first-order chi connectivity index (χ1) is 10.5. The number of nitrogens with one attached hydrogen (secondary N) is 2. The van der Waals surface area contributed by atoms with Gasteiger partial charge in [0.1, 0.15) is 5.82 Å². The van der Waals surface area contributed by atoms with E-state index < -0.39 is 0 Å². The molecule has 22 heavy (non-hydrogen) atoms. The Morgan fingerprint density at radius 1 is 1.50 bits per heavy atom. The molecule has 1 aliphatic heterocycles. The molecular weight excluding hydrogens is 303 g/mol. The van der Waals surface area contributed by atoms with Gasteiger partial charge in [0.15, 0.2) is 0 Å². The Morgan fingerprint density at radius 2 is 2.27 bits per heavy atom. The number of hydrogen-bond acceptors (Lipinski definition) is 2. The Kier molecular flexibility index (Phi) is 4.42. The summed E-state index contributed by atoms with van der Waals surface area (Å²) < 4.78 is 13.2. The van der Waals surface area contributed by atoms with E-state index in [2.05, 4.69) is 17.6 Å². The molecule has 1 saturated carbocycles. The second kappa shape index (κ2) is 6.17. The first-order valence-electron chi connectivity index (χ1n) is 7.97. The minimum atomic E-state index is -0.322. The monoisotopic (exact) mass is 324 g/mol. The molecule has 3 nitrogen and oxygen atoms in total. The molecule has 1 heterocycles. The molecule has 3 rings (SSSR count). The van der Waals surface area contributed by atoms with Crippen LogP contribution in [-0.2, 0) is 10.2 Å². The maximum absolute atomic E-state index is 13.2. The zero-order valence-corrected chi connectivity index (χ0v) is 13.5. The lowest BCUT2D eigenvalue weighted by Crippen LogP contribution is -2.44. The highest BCUT2D eigenvalue weighted by Crippen LogP contribution is 2.50. The summed E-state index contributed by atoms with van der Waals surface area (Å²) in [7, 11) is 0. The fourth-order valence-corrected chi connectivity index (χ4v) is 3.75. The quantitative estimate of drug-likeness (QED) is 0.894. The summed E-state index contributed by atoms with van der Waals surface area (Å²) in [6.45, 7) is 3.60. The van der Waals surface area contributed by atoms with E-state index in [0.717, 1.165) is 37.8 Å². The average molecular weight is 325 g/mol. The summed E-state index contributed by atoms with van der Waals surface area (Å²) in [5.74, 6) is -0.0918. The van der Waals surface area contributed by atoms with Crippen LogP contribution < -0.4 is 10.6 Å². The highest BCUT2D eigenvalue weighted by molar-refractivity contribution is 6.31. The smallest absolute Gasteiger partial charge is 0.223 e. The van der Waals surface area contributed by atoms with Gasteiger partial charge in [-0.25, -0.2) is 4.39 Å². The number of hydrogen-bond donors (Lipinski definition) is 2. The molecule has 1 aliphatic carbocycles. The number of amides is 1. The molecule has 0 aromatic heterocycles. The van der Waals surface area contributed by atoms with E-state index in [1.165, 1.54) is 12.1 Å². The molecule has 0 bridgehead atoms. The van der Waals surface area contributed by atoms with E-state index in [4.69, 9.17) is 11.6 Å². The van der Waals surface area contributed by atoms with E-state index >= 15 is 0 Å². The highest BCUT2D eigenvalue weighted by Gasteiger charge is 2.46. The normalized spacial score (nSPS) is 26.5. The minimum absolute atomic E-state index is 0.0933. The molecular formula is C17H22ClFN2O. The third-order valence-electron chi connectivity index (χ3n) is 4.95. The molecule has 1 aromatic carbocycles. The van der Waals surface area contributed by atoms with Crippen molar-refractivity contribution in [2.24, 2.45) is 5.92 Å². The lowest BCUT2D eigenvalue weighted by molar-refractivity contribution is -0.126. The van der Waals surface area contributed by atoms with Gasteiger partial charge < -0.3 is 10.6 Å². The Bertz CT molecular complexity index is 574. The maximum Gasteiger partial charge on any atom is 0.223 e. The Labute approximate surface area is 135 Å². The maximum atomic E-state index is 13.2. The Hall–Kier alpha value is -1.13. The third kappa shape index (κ3) is 3.28. The van der Waals surface area contributed by atoms with Crippen LogP contribution >= 0.6 is 11.6 Å². The molecule has 2 fully saturated rings. The van der Waals surface area contributed by atoms with Crippen LogP contribution in [0.3, 0.4) is 0 Å². The number of carbonyl (C=O) groups excluding carboxylic acids is 1. The first-order valence-corrected chi connectivity index (χ1v) is 8.35. The van der Waals surface area contributed by atoms with Crippen LogP contribution in [0, 0.1) is 11.7 Å². The molecule has 1 aromatic rings. The van der Waals surface area contributed by atoms with E-state index in [-0.39, 0.29) is 23.1 Å². The SMILES string of the molecule is C[C@H]1C[C@@H](C(=O)NCC2(c3ccc(F)cc3Cl)CC2)CCN1.